The Hall–Kier alpha value is -0.470. The van der Waals surface area contributed by atoms with E-state index in [2.05, 4.69) is 36.7 Å². The van der Waals surface area contributed by atoms with Crippen LogP contribution in [0.15, 0.2) is 23.1 Å². The van der Waals surface area contributed by atoms with Crippen LogP contribution in [0.25, 0.3) is 0 Å². The highest BCUT2D eigenvalue weighted by atomic mass is 32.2. The molecule has 0 spiro atoms. The van der Waals surface area contributed by atoms with E-state index in [1.807, 2.05) is 11.8 Å². The Labute approximate surface area is 96.7 Å². The number of piperidine rings is 1. The van der Waals surface area contributed by atoms with Crippen LogP contribution in [0.2, 0.25) is 0 Å². The Kier molecular flexibility index (Phi) is 3.71. The molecule has 0 saturated carbocycles. The van der Waals surface area contributed by atoms with Crippen molar-refractivity contribution in [3.05, 3.63) is 29.3 Å². The lowest BCUT2D eigenvalue weighted by molar-refractivity contribution is 0.412. The van der Waals surface area contributed by atoms with Gasteiger partial charge in [-0.3, -0.25) is 0 Å². The van der Waals surface area contributed by atoms with E-state index in [0.29, 0.717) is 6.04 Å². The van der Waals surface area contributed by atoms with Crippen LogP contribution in [0.5, 0.6) is 0 Å². The molecule has 1 aliphatic rings. The first-order valence-electron chi connectivity index (χ1n) is 5.69. The summed E-state index contributed by atoms with van der Waals surface area (Å²) in [4.78, 5) is 1.40. The summed E-state index contributed by atoms with van der Waals surface area (Å²) in [5, 5.41) is 3.59. The fraction of sp³-hybridized carbons (Fsp3) is 0.538. The van der Waals surface area contributed by atoms with Gasteiger partial charge >= 0.3 is 0 Å². The van der Waals surface area contributed by atoms with Gasteiger partial charge < -0.3 is 5.32 Å². The molecule has 0 bridgehead atoms. The summed E-state index contributed by atoms with van der Waals surface area (Å²) in [6.45, 7) is 3.38. The highest BCUT2D eigenvalue weighted by Crippen LogP contribution is 2.27. The van der Waals surface area contributed by atoms with Gasteiger partial charge in [0.25, 0.3) is 0 Å². The molecule has 1 N–H and O–H groups in total. The van der Waals surface area contributed by atoms with Crippen LogP contribution in [-0.2, 0) is 0 Å². The van der Waals surface area contributed by atoms with Gasteiger partial charge in [0.15, 0.2) is 0 Å². The SMILES string of the molecule is CSc1ccc(C2CCCCN2)cc1C. The fourth-order valence-corrected chi connectivity index (χ4v) is 2.84. The van der Waals surface area contributed by atoms with Crippen molar-refractivity contribution in [1.82, 2.24) is 5.32 Å². The molecule has 1 fully saturated rings. The lowest BCUT2D eigenvalue weighted by atomic mass is 9.96. The maximum absolute atomic E-state index is 3.59. The third-order valence-electron chi connectivity index (χ3n) is 3.13. The average molecular weight is 221 g/mol. The standard InChI is InChI=1S/C13H19NS/c1-10-9-11(6-7-13(10)15-2)12-5-3-4-8-14-12/h6-7,9,12,14H,3-5,8H2,1-2H3. The van der Waals surface area contributed by atoms with Crippen molar-refractivity contribution < 1.29 is 0 Å². The van der Waals surface area contributed by atoms with Crippen molar-refractivity contribution in [3.63, 3.8) is 0 Å². The van der Waals surface area contributed by atoms with Crippen molar-refractivity contribution in [2.75, 3.05) is 12.8 Å². The minimum Gasteiger partial charge on any atom is -0.310 e. The van der Waals surface area contributed by atoms with E-state index in [-0.39, 0.29) is 0 Å². The van der Waals surface area contributed by atoms with Crippen LogP contribution in [0.4, 0.5) is 0 Å². The molecule has 2 heteroatoms. The van der Waals surface area contributed by atoms with Crippen LogP contribution in [-0.4, -0.2) is 12.8 Å². The average Bonchev–Trinajstić information content (AvgIpc) is 2.30. The number of rotatable bonds is 2. The monoisotopic (exact) mass is 221 g/mol. The van der Waals surface area contributed by atoms with Gasteiger partial charge in [0.05, 0.1) is 0 Å². The zero-order valence-electron chi connectivity index (χ0n) is 9.55. The molecule has 0 aromatic heterocycles. The molecule has 1 nitrogen and oxygen atoms in total. The van der Waals surface area contributed by atoms with Crippen LogP contribution in [0.1, 0.15) is 36.4 Å². The number of hydrogen-bond acceptors (Lipinski definition) is 2. The molecule has 1 aromatic carbocycles. The quantitative estimate of drug-likeness (QED) is 0.767. The summed E-state index contributed by atoms with van der Waals surface area (Å²) in [6, 6.07) is 7.47. The Morgan fingerprint density at radius 3 is 2.80 bits per heavy atom. The van der Waals surface area contributed by atoms with Gasteiger partial charge in [-0.1, -0.05) is 18.6 Å². The van der Waals surface area contributed by atoms with Gasteiger partial charge in [-0.05, 0) is 49.8 Å². The van der Waals surface area contributed by atoms with Crippen molar-refractivity contribution in [2.45, 2.75) is 37.1 Å². The van der Waals surface area contributed by atoms with Gasteiger partial charge in [-0.2, -0.15) is 0 Å². The van der Waals surface area contributed by atoms with Gasteiger partial charge in [0.2, 0.25) is 0 Å². The summed E-state index contributed by atoms with van der Waals surface area (Å²) in [7, 11) is 0. The Morgan fingerprint density at radius 2 is 2.20 bits per heavy atom. The lowest BCUT2D eigenvalue weighted by Gasteiger charge is -2.24. The molecule has 2 rings (SSSR count). The smallest absolute Gasteiger partial charge is 0.0320 e. The molecule has 1 heterocycles. The Morgan fingerprint density at radius 1 is 1.33 bits per heavy atom. The Bertz CT molecular complexity index is 329. The second-order valence-corrected chi connectivity index (χ2v) is 5.08. The maximum atomic E-state index is 3.59. The largest absolute Gasteiger partial charge is 0.310 e. The maximum Gasteiger partial charge on any atom is 0.0320 e. The van der Waals surface area contributed by atoms with Crippen molar-refractivity contribution in [2.24, 2.45) is 0 Å². The molecule has 1 aliphatic heterocycles. The number of hydrogen-bond donors (Lipinski definition) is 1. The Balaban J connectivity index is 2.17. The number of thioether (sulfide) groups is 1. The van der Waals surface area contributed by atoms with Crippen LogP contribution >= 0.6 is 11.8 Å². The van der Waals surface area contributed by atoms with E-state index < -0.39 is 0 Å². The second-order valence-electron chi connectivity index (χ2n) is 4.23. The summed E-state index contributed by atoms with van der Waals surface area (Å²) in [5.41, 5.74) is 2.87. The normalized spacial score (nSPS) is 21.6. The molecule has 1 unspecified atom stereocenters. The molecule has 0 aliphatic carbocycles. The van der Waals surface area contributed by atoms with Crippen molar-refractivity contribution in [1.29, 1.82) is 0 Å². The van der Waals surface area contributed by atoms with Crippen LogP contribution in [0.3, 0.4) is 0 Å². The zero-order chi connectivity index (χ0) is 10.7. The van der Waals surface area contributed by atoms with Crippen molar-refractivity contribution >= 4 is 11.8 Å². The summed E-state index contributed by atoms with van der Waals surface area (Å²) in [5.74, 6) is 0. The van der Waals surface area contributed by atoms with E-state index in [9.17, 15) is 0 Å². The molecular weight excluding hydrogens is 202 g/mol. The highest BCUT2D eigenvalue weighted by molar-refractivity contribution is 7.98. The number of nitrogens with one attached hydrogen (secondary N) is 1. The predicted octanol–water partition coefficient (Wildman–Crippen LogP) is 3.53. The van der Waals surface area contributed by atoms with E-state index in [4.69, 9.17) is 0 Å². The van der Waals surface area contributed by atoms with Crippen molar-refractivity contribution in [3.8, 4) is 0 Å². The predicted molar refractivity (Wildman–Crippen MR) is 67.6 cm³/mol. The van der Waals surface area contributed by atoms with Gasteiger partial charge in [0.1, 0.15) is 0 Å². The molecule has 1 aromatic rings. The first-order valence-corrected chi connectivity index (χ1v) is 6.91. The first kappa shape index (κ1) is 11.0. The molecule has 1 atom stereocenters. The van der Waals surface area contributed by atoms with E-state index in [1.54, 1.807) is 0 Å². The lowest BCUT2D eigenvalue weighted by Crippen LogP contribution is -2.26. The van der Waals surface area contributed by atoms with E-state index in [0.717, 1.165) is 0 Å². The molecule has 0 amide bonds. The topological polar surface area (TPSA) is 12.0 Å². The first-order chi connectivity index (χ1) is 7.31. The van der Waals surface area contributed by atoms with Crippen LogP contribution < -0.4 is 5.32 Å². The minimum absolute atomic E-state index is 0.591. The van der Waals surface area contributed by atoms with Crippen LogP contribution in [0, 0.1) is 6.92 Å². The summed E-state index contributed by atoms with van der Waals surface area (Å²) in [6.07, 6.45) is 6.12. The van der Waals surface area contributed by atoms with Gasteiger partial charge in [-0.15, -0.1) is 11.8 Å². The molecular formula is C13H19NS. The highest BCUT2D eigenvalue weighted by Gasteiger charge is 2.14. The number of benzene rings is 1. The second kappa shape index (κ2) is 5.04. The fourth-order valence-electron chi connectivity index (χ4n) is 2.25. The summed E-state index contributed by atoms with van der Waals surface area (Å²) < 4.78 is 0. The van der Waals surface area contributed by atoms with Gasteiger partial charge in [0, 0.05) is 10.9 Å². The van der Waals surface area contributed by atoms with E-state index >= 15 is 0 Å². The zero-order valence-corrected chi connectivity index (χ0v) is 10.4. The third kappa shape index (κ3) is 2.56. The molecule has 15 heavy (non-hydrogen) atoms. The van der Waals surface area contributed by atoms with E-state index in [1.165, 1.54) is 41.8 Å². The minimum atomic E-state index is 0.591. The summed E-state index contributed by atoms with van der Waals surface area (Å²) >= 11 is 1.83. The molecule has 0 radical (unpaired) electrons. The number of aryl methyl sites for hydroxylation is 1. The third-order valence-corrected chi connectivity index (χ3v) is 4.03. The molecule has 1 saturated heterocycles. The van der Waals surface area contributed by atoms with Gasteiger partial charge in [-0.25, -0.2) is 0 Å². The molecule has 82 valence electrons.